The number of para-hydroxylation sites is 1. The van der Waals surface area contributed by atoms with Gasteiger partial charge in [0.1, 0.15) is 16.9 Å². The number of fused-ring (bicyclic) bond motifs is 1. The average molecular weight is 553 g/mol. The van der Waals surface area contributed by atoms with Crippen molar-refractivity contribution in [2.45, 2.75) is 20.0 Å². The molecule has 0 unspecified atom stereocenters. The van der Waals surface area contributed by atoms with E-state index in [1.165, 1.54) is 11.3 Å². The molecular formula is C21H20IN3O3S2. The van der Waals surface area contributed by atoms with Crippen LogP contribution in [0.4, 0.5) is 5.82 Å². The van der Waals surface area contributed by atoms with Crippen molar-refractivity contribution in [1.29, 1.82) is 0 Å². The fraction of sp³-hybridized carbons (Fsp3) is 0.238. The van der Waals surface area contributed by atoms with Crippen LogP contribution in [0.1, 0.15) is 35.2 Å². The Morgan fingerprint density at radius 3 is 2.57 bits per heavy atom. The van der Waals surface area contributed by atoms with Crippen molar-refractivity contribution < 1.29 is 14.3 Å². The second-order valence-electron chi connectivity index (χ2n) is 6.46. The molecule has 2 aromatic carbocycles. The van der Waals surface area contributed by atoms with Crippen LogP contribution in [0.2, 0.25) is 0 Å². The summed E-state index contributed by atoms with van der Waals surface area (Å²) < 4.78 is 15.0. The van der Waals surface area contributed by atoms with Crippen molar-refractivity contribution >= 4 is 57.9 Å². The average Bonchev–Trinajstić information content (AvgIpc) is 3.07. The van der Waals surface area contributed by atoms with Crippen LogP contribution in [-0.2, 0) is 0 Å². The molecule has 1 aliphatic rings. The number of hydrogen-bond donors (Lipinski definition) is 2. The van der Waals surface area contributed by atoms with Crippen LogP contribution in [0.5, 0.6) is 11.5 Å². The minimum atomic E-state index is -0.424. The predicted molar refractivity (Wildman–Crippen MR) is 130 cm³/mol. The standard InChI is InChI=1S/C21H20IN3O3S2/c1-3-27-15-11-12(10-14(22)16(15)28-4-2)18-23-19-17(20(26)24-18)30-21(29)25(19)13-8-6-5-7-9-13/h5-11,18,23H,3-4H2,1-2H3,(H,24,26)/t18-/m0/s1. The summed E-state index contributed by atoms with van der Waals surface area (Å²) in [4.78, 5) is 13.4. The van der Waals surface area contributed by atoms with E-state index < -0.39 is 6.17 Å². The van der Waals surface area contributed by atoms with E-state index in [0.29, 0.717) is 39.4 Å². The number of rotatable bonds is 6. The van der Waals surface area contributed by atoms with Crippen LogP contribution in [-0.4, -0.2) is 23.7 Å². The van der Waals surface area contributed by atoms with E-state index in [-0.39, 0.29) is 5.91 Å². The van der Waals surface area contributed by atoms with Gasteiger partial charge < -0.3 is 20.1 Å². The highest BCUT2D eigenvalue weighted by atomic mass is 127. The number of halogens is 1. The number of carbonyl (C=O) groups excluding carboxylic acids is 1. The summed E-state index contributed by atoms with van der Waals surface area (Å²) in [6.45, 7) is 4.94. The van der Waals surface area contributed by atoms with Crippen LogP contribution in [0.15, 0.2) is 42.5 Å². The third kappa shape index (κ3) is 3.93. The fourth-order valence-corrected chi connectivity index (χ4v) is 5.40. The molecule has 1 aromatic heterocycles. The maximum atomic E-state index is 12.9. The van der Waals surface area contributed by atoms with Gasteiger partial charge in [0.25, 0.3) is 5.91 Å². The lowest BCUT2D eigenvalue weighted by Gasteiger charge is -2.28. The highest BCUT2D eigenvalue weighted by Gasteiger charge is 2.31. The second kappa shape index (κ2) is 8.94. The molecule has 0 spiro atoms. The lowest BCUT2D eigenvalue weighted by molar-refractivity contribution is 0.0939. The fourth-order valence-electron chi connectivity index (χ4n) is 3.31. The number of hydrogen-bond acceptors (Lipinski definition) is 6. The topological polar surface area (TPSA) is 64.5 Å². The van der Waals surface area contributed by atoms with Gasteiger partial charge in [0.05, 0.1) is 16.8 Å². The first kappa shape index (κ1) is 21.1. The van der Waals surface area contributed by atoms with Gasteiger partial charge in [0.2, 0.25) is 0 Å². The van der Waals surface area contributed by atoms with Crippen LogP contribution >= 0.6 is 46.1 Å². The number of anilines is 1. The van der Waals surface area contributed by atoms with Gasteiger partial charge in [0, 0.05) is 5.69 Å². The van der Waals surface area contributed by atoms with Gasteiger partial charge in [-0.05, 0) is 78.5 Å². The zero-order valence-corrected chi connectivity index (χ0v) is 20.2. The number of carbonyl (C=O) groups is 1. The molecule has 0 fully saturated rings. The maximum Gasteiger partial charge on any atom is 0.267 e. The number of ether oxygens (including phenoxy) is 2. The monoisotopic (exact) mass is 553 g/mol. The quantitative estimate of drug-likeness (QED) is 0.311. The molecule has 1 amide bonds. The first-order valence-corrected chi connectivity index (χ1v) is 11.8. The summed E-state index contributed by atoms with van der Waals surface area (Å²) in [6, 6.07) is 13.7. The minimum Gasteiger partial charge on any atom is -0.490 e. The molecule has 3 aromatic rings. The van der Waals surface area contributed by atoms with Crippen molar-refractivity contribution in [3.8, 4) is 17.2 Å². The second-order valence-corrected chi connectivity index (χ2v) is 9.27. The van der Waals surface area contributed by atoms with Gasteiger partial charge in [0.15, 0.2) is 15.5 Å². The highest BCUT2D eigenvalue weighted by Crippen LogP contribution is 2.39. The van der Waals surface area contributed by atoms with Gasteiger partial charge >= 0.3 is 0 Å². The molecule has 1 aliphatic heterocycles. The Bertz CT molecular complexity index is 1140. The minimum absolute atomic E-state index is 0.151. The molecule has 156 valence electrons. The lowest BCUT2D eigenvalue weighted by Crippen LogP contribution is -2.38. The lowest BCUT2D eigenvalue weighted by atomic mass is 10.1. The molecule has 2 heterocycles. The summed E-state index contributed by atoms with van der Waals surface area (Å²) >= 11 is 9.09. The summed E-state index contributed by atoms with van der Waals surface area (Å²) in [6.07, 6.45) is -0.424. The number of aromatic nitrogens is 1. The maximum absolute atomic E-state index is 12.9. The van der Waals surface area contributed by atoms with Crippen LogP contribution in [0.25, 0.3) is 5.69 Å². The molecule has 9 heteroatoms. The van der Waals surface area contributed by atoms with E-state index in [1.807, 2.05) is 60.9 Å². The van der Waals surface area contributed by atoms with Gasteiger partial charge in [-0.1, -0.05) is 29.5 Å². The third-order valence-corrected chi connectivity index (χ3v) is 6.72. The normalized spacial score (nSPS) is 15.2. The zero-order chi connectivity index (χ0) is 21.3. The van der Waals surface area contributed by atoms with E-state index in [1.54, 1.807) is 0 Å². The molecule has 0 saturated carbocycles. The summed E-state index contributed by atoms with van der Waals surface area (Å²) in [7, 11) is 0. The zero-order valence-electron chi connectivity index (χ0n) is 16.4. The van der Waals surface area contributed by atoms with E-state index in [2.05, 4.69) is 33.2 Å². The Balaban J connectivity index is 1.77. The largest absolute Gasteiger partial charge is 0.490 e. The number of thiazole rings is 1. The Labute approximate surface area is 197 Å². The molecule has 2 N–H and O–H groups in total. The summed E-state index contributed by atoms with van der Waals surface area (Å²) in [5.74, 6) is 1.93. The van der Waals surface area contributed by atoms with Crippen molar-refractivity contribution in [1.82, 2.24) is 9.88 Å². The Morgan fingerprint density at radius 1 is 1.13 bits per heavy atom. The molecule has 30 heavy (non-hydrogen) atoms. The van der Waals surface area contributed by atoms with Crippen molar-refractivity contribution in [2.24, 2.45) is 0 Å². The first-order chi connectivity index (χ1) is 14.5. The van der Waals surface area contributed by atoms with Crippen LogP contribution in [0, 0.1) is 7.52 Å². The van der Waals surface area contributed by atoms with Crippen molar-refractivity contribution in [3.63, 3.8) is 0 Å². The molecule has 4 rings (SSSR count). The molecule has 0 radical (unpaired) electrons. The number of nitrogens with zero attached hydrogens (tertiary/aromatic N) is 1. The Morgan fingerprint density at radius 2 is 1.87 bits per heavy atom. The third-order valence-electron chi connectivity index (χ3n) is 4.54. The van der Waals surface area contributed by atoms with Crippen LogP contribution in [0.3, 0.4) is 0 Å². The highest BCUT2D eigenvalue weighted by molar-refractivity contribution is 14.1. The summed E-state index contributed by atoms with van der Waals surface area (Å²) in [5, 5.41) is 6.48. The van der Waals surface area contributed by atoms with E-state index in [4.69, 9.17) is 21.7 Å². The first-order valence-electron chi connectivity index (χ1n) is 9.51. The van der Waals surface area contributed by atoms with E-state index in [9.17, 15) is 4.79 Å². The molecular weight excluding hydrogens is 533 g/mol. The number of nitrogens with one attached hydrogen (secondary N) is 2. The number of amides is 1. The smallest absolute Gasteiger partial charge is 0.267 e. The molecule has 0 aliphatic carbocycles. The van der Waals surface area contributed by atoms with Crippen molar-refractivity contribution in [3.05, 3.63) is 60.4 Å². The molecule has 0 saturated heterocycles. The van der Waals surface area contributed by atoms with E-state index in [0.717, 1.165) is 14.8 Å². The van der Waals surface area contributed by atoms with Crippen LogP contribution < -0.4 is 20.1 Å². The SMILES string of the molecule is CCOc1cc([C@@H]2NC(=O)c3sc(=S)n(-c4ccccc4)c3N2)cc(I)c1OCC. The predicted octanol–water partition coefficient (Wildman–Crippen LogP) is 5.52. The van der Waals surface area contributed by atoms with Gasteiger partial charge in [-0.2, -0.15) is 0 Å². The number of benzene rings is 2. The van der Waals surface area contributed by atoms with Gasteiger partial charge in [-0.15, -0.1) is 0 Å². The van der Waals surface area contributed by atoms with Gasteiger partial charge in [-0.25, -0.2) is 0 Å². The van der Waals surface area contributed by atoms with Gasteiger partial charge in [-0.3, -0.25) is 9.36 Å². The van der Waals surface area contributed by atoms with E-state index >= 15 is 0 Å². The van der Waals surface area contributed by atoms with Crippen molar-refractivity contribution in [2.75, 3.05) is 18.5 Å². The Hall–Kier alpha value is -2.11. The Kier molecular flexibility index (Phi) is 6.30. The molecule has 1 atom stereocenters. The molecule has 6 nitrogen and oxygen atoms in total. The molecule has 0 bridgehead atoms. The summed E-state index contributed by atoms with van der Waals surface area (Å²) in [5.41, 5.74) is 1.79.